The minimum atomic E-state index is -1.18. The van der Waals surface area contributed by atoms with Crippen LogP contribution >= 0.6 is 11.6 Å². The summed E-state index contributed by atoms with van der Waals surface area (Å²) in [6.07, 6.45) is 0.922. The number of carbonyl (C=O) groups is 2. The van der Waals surface area contributed by atoms with Crippen LogP contribution in [0.2, 0.25) is 5.02 Å². The summed E-state index contributed by atoms with van der Waals surface area (Å²) in [6.45, 7) is 4.08. The summed E-state index contributed by atoms with van der Waals surface area (Å²) >= 11 is 6.11. The average molecular weight is 398 g/mol. The van der Waals surface area contributed by atoms with Crippen molar-refractivity contribution in [3.05, 3.63) is 38.9 Å². The van der Waals surface area contributed by atoms with E-state index in [1.165, 1.54) is 17.0 Å². The molecule has 9 nitrogen and oxygen atoms in total. The van der Waals surface area contributed by atoms with Crippen molar-refractivity contribution in [3.8, 4) is 0 Å². The predicted molar refractivity (Wildman–Crippen MR) is 95.7 cm³/mol. The van der Waals surface area contributed by atoms with Crippen LogP contribution < -0.4 is 0 Å². The molecule has 146 valence electrons. The van der Waals surface area contributed by atoms with Crippen LogP contribution in [0.4, 0.5) is 5.69 Å². The minimum absolute atomic E-state index is 0.0304. The summed E-state index contributed by atoms with van der Waals surface area (Å²) in [4.78, 5) is 38.8. The van der Waals surface area contributed by atoms with E-state index in [4.69, 9.17) is 16.3 Å². The zero-order valence-electron chi connectivity index (χ0n) is 14.8. The number of nitro benzene ring substituents is 1. The Labute approximate surface area is 160 Å². The molecule has 0 saturated carbocycles. The summed E-state index contributed by atoms with van der Waals surface area (Å²) in [7, 11) is 0. The fourth-order valence-electron chi connectivity index (χ4n) is 3.69. The Bertz CT molecular complexity index is 778. The van der Waals surface area contributed by atoms with E-state index in [-0.39, 0.29) is 22.9 Å². The van der Waals surface area contributed by atoms with Crippen LogP contribution in [0.5, 0.6) is 0 Å². The number of piperidine rings is 1. The van der Waals surface area contributed by atoms with Gasteiger partial charge in [-0.25, -0.2) is 4.79 Å². The minimum Gasteiger partial charge on any atom is -0.480 e. The molecular formula is C17H20ClN3O6. The van der Waals surface area contributed by atoms with E-state index in [2.05, 4.69) is 4.90 Å². The number of hydrogen-bond donors (Lipinski definition) is 1. The highest BCUT2D eigenvalue weighted by Gasteiger charge is 2.54. The monoisotopic (exact) mass is 397 g/mol. The van der Waals surface area contributed by atoms with E-state index in [1.807, 2.05) is 6.92 Å². The van der Waals surface area contributed by atoms with Crippen molar-refractivity contribution in [1.82, 2.24) is 9.80 Å². The van der Waals surface area contributed by atoms with Crippen molar-refractivity contribution >= 4 is 29.2 Å². The van der Waals surface area contributed by atoms with Crippen LogP contribution in [-0.4, -0.2) is 69.7 Å². The van der Waals surface area contributed by atoms with Crippen molar-refractivity contribution in [2.75, 3.05) is 26.2 Å². The highest BCUT2D eigenvalue weighted by atomic mass is 35.5. The molecule has 1 spiro atoms. The third kappa shape index (κ3) is 3.50. The van der Waals surface area contributed by atoms with Crippen LogP contribution in [0.3, 0.4) is 0 Å². The highest BCUT2D eigenvalue weighted by Crippen LogP contribution is 2.39. The van der Waals surface area contributed by atoms with Crippen LogP contribution in [0.25, 0.3) is 0 Å². The van der Waals surface area contributed by atoms with Crippen LogP contribution in [0.15, 0.2) is 18.2 Å². The first kappa shape index (κ1) is 19.5. The molecule has 0 aliphatic carbocycles. The van der Waals surface area contributed by atoms with Gasteiger partial charge in [0.1, 0.15) is 5.72 Å². The molecule has 2 saturated heterocycles. The van der Waals surface area contributed by atoms with Gasteiger partial charge < -0.3 is 14.7 Å². The van der Waals surface area contributed by atoms with Crippen molar-refractivity contribution in [3.63, 3.8) is 0 Å². The molecular weight excluding hydrogens is 378 g/mol. The molecule has 0 bridgehead atoms. The maximum Gasteiger partial charge on any atom is 0.328 e. The molecule has 2 aliphatic rings. The standard InChI is InChI=1S/C17H20ClN3O6/c1-2-19-7-5-17(6-8-19)20(14(10-27-17)16(23)24)15(22)12-9-11(21(25)26)3-4-13(12)18/h3-4,9,14H,2,5-8,10H2,1H3,(H,23,24)/t14-/m0/s1. The zero-order chi connectivity index (χ0) is 19.8. The lowest BCUT2D eigenvalue weighted by atomic mass is 9.96. The molecule has 2 heterocycles. The topological polar surface area (TPSA) is 113 Å². The summed E-state index contributed by atoms with van der Waals surface area (Å²) in [5, 5.41) is 20.7. The molecule has 0 radical (unpaired) electrons. The number of non-ortho nitro benzene ring substituents is 1. The maximum absolute atomic E-state index is 13.2. The Kier molecular flexibility index (Phi) is 5.36. The number of hydrogen-bond acceptors (Lipinski definition) is 6. The fraction of sp³-hybridized carbons (Fsp3) is 0.529. The number of nitro groups is 1. The first-order valence-electron chi connectivity index (χ1n) is 8.66. The van der Waals surface area contributed by atoms with Gasteiger partial charge in [-0.1, -0.05) is 18.5 Å². The maximum atomic E-state index is 13.2. The smallest absolute Gasteiger partial charge is 0.328 e. The van der Waals surface area contributed by atoms with E-state index < -0.39 is 28.6 Å². The Morgan fingerprint density at radius 1 is 1.41 bits per heavy atom. The molecule has 0 unspecified atom stereocenters. The first-order valence-corrected chi connectivity index (χ1v) is 9.03. The summed E-state index contributed by atoms with van der Waals surface area (Å²) in [5.74, 6) is -1.85. The number of ether oxygens (including phenoxy) is 1. The molecule has 3 rings (SSSR count). The Balaban J connectivity index is 1.99. The van der Waals surface area contributed by atoms with E-state index in [1.54, 1.807) is 0 Å². The molecule has 2 fully saturated rings. The van der Waals surface area contributed by atoms with Gasteiger partial charge in [-0.3, -0.25) is 19.8 Å². The van der Waals surface area contributed by atoms with Crippen molar-refractivity contribution in [2.24, 2.45) is 0 Å². The van der Waals surface area contributed by atoms with E-state index >= 15 is 0 Å². The second kappa shape index (κ2) is 7.41. The van der Waals surface area contributed by atoms with Crippen molar-refractivity contribution in [2.45, 2.75) is 31.5 Å². The van der Waals surface area contributed by atoms with Crippen LogP contribution in [-0.2, 0) is 9.53 Å². The third-order valence-electron chi connectivity index (χ3n) is 5.24. The number of likely N-dealkylation sites (tertiary alicyclic amines) is 1. The lowest BCUT2D eigenvalue weighted by Gasteiger charge is -2.44. The van der Waals surface area contributed by atoms with E-state index in [9.17, 15) is 24.8 Å². The van der Waals surface area contributed by atoms with E-state index in [0.717, 1.165) is 12.6 Å². The average Bonchev–Trinajstić information content (AvgIpc) is 3.01. The van der Waals surface area contributed by atoms with Gasteiger partial charge in [-0.05, 0) is 12.6 Å². The summed E-state index contributed by atoms with van der Waals surface area (Å²) in [6, 6.07) is 2.38. The Morgan fingerprint density at radius 2 is 2.07 bits per heavy atom. The van der Waals surface area contributed by atoms with Gasteiger partial charge in [0, 0.05) is 38.1 Å². The van der Waals surface area contributed by atoms with Crippen molar-refractivity contribution in [1.29, 1.82) is 0 Å². The molecule has 1 atom stereocenters. The number of aliphatic carboxylic acids is 1. The van der Waals surface area contributed by atoms with Crippen molar-refractivity contribution < 1.29 is 24.4 Å². The molecule has 1 aromatic rings. The molecule has 27 heavy (non-hydrogen) atoms. The number of carbonyl (C=O) groups excluding carboxylic acids is 1. The zero-order valence-corrected chi connectivity index (χ0v) is 15.5. The number of halogens is 1. The van der Waals surface area contributed by atoms with Gasteiger partial charge in [0.25, 0.3) is 11.6 Å². The van der Waals surface area contributed by atoms with E-state index in [0.29, 0.717) is 25.9 Å². The summed E-state index contributed by atoms with van der Waals surface area (Å²) < 4.78 is 5.84. The molecule has 2 aliphatic heterocycles. The van der Waals surface area contributed by atoms with Gasteiger partial charge in [0.2, 0.25) is 0 Å². The first-order chi connectivity index (χ1) is 12.8. The number of carboxylic acid groups (broad SMARTS) is 1. The number of rotatable bonds is 4. The normalized spacial score (nSPS) is 22.1. The molecule has 1 aromatic carbocycles. The predicted octanol–water partition coefficient (Wildman–Crippen LogP) is 1.99. The lowest BCUT2D eigenvalue weighted by Crippen LogP contribution is -2.58. The lowest BCUT2D eigenvalue weighted by molar-refractivity contribution is -0.384. The second-order valence-corrected chi connectivity index (χ2v) is 7.05. The van der Waals surface area contributed by atoms with Crippen LogP contribution in [0, 0.1) is 10.1 Å². The van der Waals surface area contributed by atoms with Gasteiger partial charge in [-0.15, -0.1) is 0 Å². The third-order valence-corrected chi connectivity index (χ3v) is 5.57. The quantitative estimate of drug-likeness (QED) is 0.610. The molecule has 10 heteroatoms. The summed E-state index contributed by atoms with van der Waals surface area (Å²) in [5.41, 5.74) is -1.43. The number of carboxylic acids is 1. The Morgan fingerprint density at radius 3 is 2.63 bits per heavy atom. The van der Waals surface area contributed by atoms with Gasteiger partial charge in [-0.2, -0.15) is 0 Å². The van der Waals surface area contributed by atoms with Crippen LogP contribution in [0.1, 0.15) is 30.1 Å². The van der Waals surface area contributed by atoms with Gasteiger partial charge >= 0.3 is 5.97 Å². The largest absolute Gasteiger partial charge is 0.480 e. The number of nitrogens with zero attached hydrogens (tertiary/aromatic N) is 3. The highest BCUT2D eigenvalue weighted by molar-refractivity contribution is 6.34. The molecule has 0 aromatic heterocycles. The number of amides is 1. The van der Waals surface area contributed by atoms with Gasteiger partial charge in [0.15, 0.2) is 6.04 Å². The number of benzene rings is 1. The molecule has 1 N–H and O–H groups in total. The SMILES string of the molecule is CCN1CCC2(CC1)OC[C@@H](C(=O)O)N2C(=O)c1cc([N+](=O)[O-])ccc1Cl. The molecule has 1 amide bonds. The second-order valence-electron chi connectivity index (χ2n) is 6.64. The Hall–Kier alpha value is -2.23. The fourth-order valence-corrected chi connectivity index (χ4v) is 3.89. The van der Waals surface area contributed by atoms with Gasteiger partial charge in [0.05, 0.1) is 22.1 Å².